The zero-order valence-electron chi connectivity index (χ0n) is 24.2. The van der Waals surface area contributed by atoms with E-state index >= 15 is 0 Å². The van der Waals surface area contributed by atoms with E-state index in [1.165, 1.54) is 33.6 Å². The van der Waals surface area contributed by atoms with Crippen molar-refractivity contribution in [3.8, 4) is 11.5 Å². The Hall–Kier alpha value is -4.46. The third-order valence-electron chi connectivity index (χ3n) is 7.64. The summed E-state index contributed by atoms with van der Waals surface area (Å²) in [5, 5.41) is 5.88. The normalized spacial score (nSPS) is 12.2. The molecule has 2 heterocycles. The topological polar surface area (TPSA) is 63.7 Å². The van der Waals surface area contributed by atoms with Crippen LogP contribution in [0.5, 0.6) is 11.5 Å². The van der Waals surface area contributed by atoms with E-state index in [-0.39, 0.29) is 18.6 Å². The zero-order valence-corrected chi connectivity index (χ0v) is 25.1. The van der Waals surface area contributed by atoms with Gasteiger partial charge in [0.1, 0.15) is 10.7 Å². The Morgan fingerprint density at radius 3 is 2.21 bits per heavy atom. The minimum atomic E-state index is -0.136. The molecule has 0 fully saturated rings. The third-order valence-corrected chi connectivity index (χ3v) is 8.47. The molecule has 6 nitrogen and oxygen atoms in total. The second-order valence-electron chi connectivity index (χ2n) is 10.9. The van der Waals surface area contributed by atoms with Crippen molar-refractivity contribution in [2.24, 2.45) is 0 Å². The molecule has 1 aromatic heterocycles. The molecule has 0 unspecified atom stereocenters. The fraction of sp³-hybridized carbons (Fsp3) is 0.222. The van der Waals surface area contributed by atoms with Crippen molar-refractivity contribution in [1.82, 2.24) is 15.2 Å². The van der Waals surface area contributed by atoms with Gasteiger partial charge in [-0.05, 0) is 47.7 Å². The van der Waals surface area contributed by atoms with Crippen LogP contribution in [0, 0.1) is 6.92 Å². The van der Waals surface area contributed by atoms with Crippen LogP contribution in [0.1, 0.15) is 55.7 Å². The Morgan fingerprint density at radius 2 is 1.49 bits per heavy atom. The molecule has 43 heavy (non-hydrogen) atoms. The molecule has 0 radical (unpaired) electrons. The van der Waals surface area contributed by atoms with E-state index in [2.05, 4.69) is 96.0 Å². The summed E-state index contributed by atoms with van der Waals surface area (Å²) >= 11 is 1.53. The molecule has 0 saturated carbocycles. The fourth-order valence-electron chi connectivity index (χ4n) is 5.41. The molecule has 0 atom stereocenters. The van der Waals surface area contributed by atoms with E-state index < -0.39 is 0 Å². The Balaban J connectivity index is 1.10. The van der Waals surface area contributed by atoms with Gasteiger partial charge in [0.15, 0.2) is 11.5 Å². The van der Waals surface area contributed by atoms with Gasteiger partial charge >= 0.3 is 0 Å². The van der Waals surface area contributed by atoms with Gasteiger partial charge in [-0.15, -0.1) is 11.3 Å². The average Bonchev–Trinajstić information content (AvgIpc) is 3.71. The molecule has 1 amide bonds. The summed E-state index contributed by atoms with van der Waals surface area (Å²) < 4.78 is 11.1. The number of amides is 1. The summed E-state index contributed by atoms with van der Waals surface area (Å²) in [5.74, 6) is 1.63. The van der Waals surface area contributed by atoms with Gasteiger partial charge in [0.2, 0.25) is 6.79 Å². The van der Waals surface area contributed by atoms with Gasteiger partial charge in [-0.1, -0.05) is 96.6 Å². The zero-order chi connectivity index (χ0) is 29.4. The number of hydrogen-bond donors (Lipinski definition) is 1. The molecule has 0 saturated heterocycles. The van der Waals surface area contributed by atoms with Gasteiger partial charge in [0, 0.05) is 30.9 Å². The Morgan fingerprint density at radius 1 is 0.837 bits per heavy atom. The highest BCUT2D eigenvalue weighted by molar-refractivity contribution is 7.09. The second kappa shape index (κ2) is 13.7. The number of nitrogens with zero attached hydrogens (tertiary/aromatic N) is 2. The summed E-state index contributed by atoms with van der Waals surface area (Å²) in [6.07, 6.45) is 0.802. The molecule has 5 aromatic rings. The number of aryl methyl sites for hydroxylation is 1. The van der Waals surface area contributed by atoms with Crippen LogP contribution in [0.4, 0.5) is 0 Å². The van der Waals surface area contributed by atoms with E-state index in [4.69, 9.17) is 14.5 Å². The van der Waals surface area contributed by atoms with Crippen LogP contribution in [0.2, 0.25) is 0 Å². The van der Waals surface area contributed by atoms with Crippen molar-refractivity contribution in [2.45, 2.75) is 38.9 Å². The lowest BCUT2D eigenvalue weighted by Gasteiger charge is -2.22. The predicted octanol–water partition coefficient (Wildman–Crippen LogP) is 7.33. The largest absolute Gasteiger partial charge is 0.454 e. The van der Waals surface area contributed by atoms with Crippen LogP contribution in [0.25, 0.3) is 0 Å². The Bertz CT molecular complexity index is 1600. The highest BCUT2D eigenvalue weighted by Gasteiger charge is 2.19. The van der Waals surface area contributed by atoms with Crippen LogP contribution in [0.3, 0.4) is 0 Å². The lowest BCUT2D eigenvalue weighted by Crippen LogP contribution is -2.26. The first-order valence-electron chi connectivity index (χ1n) is 14.6. The van der Waals surface area contributed by atoms with E-state index in [9.17, 15) is 4.79 Å². The van der Waals surface area contributed by atoms with Gasteiger partial charge in [0.25, 0.3) is 5.91 Å². The van der Waals surface area contributed by atoms with Crippen molar-refractivity contribution in [2.75, 3.05) is 13.3 Å². The summed E-state index contributed by atoms with van der Waals surface area (Å²) in [6.45, 7) is 5.02. The quantitative estimate of drug-likeness (QED) is 0.165. The molecular formula is C36H35N3O3S. The predicted molar refractivity (Wildman–Crippen MR) is 170 cm³/mol. The molecule has 0 spiro atoms. The first-order valence-corrected chi connectivity index (χ1v) is 15.5. The summed E-state index contributed by atoms with van der Waals surface area (Å²) in [6, 6.07) is 35.6. The fourth-order valence-corrected chi connectivity index (χ4v) is 6.23. The van der Waals surface area contributed by atoms with E-state index in [1.807, 2.05) is 29.6 Å². The smallest absolute Gasteiger partial charge is 0.270 e. The number of hydrogen-bond acceptors (Lipinski definition) is 6. The van der Waals surface area contributed by atoms with Crippen molar-refractivity contribution >= 4 is 17.2 Å². The Kier molecular flexibility index (Phi) is 9.11. The van der Waals surface area contributed by atoms with Crippen LogP contribution in [0.15, 0.2) is 109 Å². The second-order valence-corrected chi connectivity index (χ2v) is 11.8. The Labute approximate surface area is 256 Å². The van der Waals surface area contributed by atoms with Gasteiger partial charge in [-0.3, -0.25) is 9.69 Å². The molecule has 1 aliphatic rings. The van der Waals surface area contributed by atoms with Gasteiger partial charge in [0.05, 0.1) is 6.54 Å². The number of benzene rings is 4. The summed E-state index contributed by atoms with van der Waals surface area (Å²) in [7, 11) is 0. The molecule has 7 heteroatoms. The SMILES string of the molecule is Cc1ccc(CN(Cc2ccc3c(c2)OCO3)Cc2nc(C(=O)NCCC(c3ccccc3)c3ccccc3)cs2)cc1. The molecule has 0 aliphatic carbocycles. The average molecular weight is 590 g/mol. The highest BCUT2D eigenvalue weighted by atomic mass is 32.1. The van der Waals surface area contributed by atoms with Crippen molar-refractivity contribution in [1.29, 1.82) is 0 Å². The van der Waals surface area contributed by atoms with Crippen molar-refractivity contribution in [3.63, 3.8) is 0 Å². The van der Waals surface area contributed by atoms with Crippen molar-refractivity contribution < 1.29 is 14.3 Å². The molecule has 1 N–H and O–H groups in total. The van der Waals surface area contributed by atoms with Gasteiger partial charge in [-0.2, -0.15) is 0 Å². The van der Waals surface area contributed by atoms with Crippen LogP contribution >= 0.6 is 11.3 Å². The highest BCUT2D eigenvalue weighted by Crippen LogP contribution is 2.33. The van der Waals surface area contributed by atoms with Crippen LogP contribution in [-0.4, -0.2) is 29.1 Å². The number of thiazole rings is 1. The molecule has 6 rings (SSSR count). The lowest BCUT2D eigenvalue weighted by molar-refractivity contribution is 0.0948. The number of ether oxygens (including phenoxy) is 2. The maximum absolute atomic E-state index is 13.1. The van der Waals surface area contributed by atoms with E-state index in [0.717, 1.165) is 35.0 Å². The van der Waals surface area contributed by atoms with Crippen LogP contribution < -0.4 is 14.8 Å². The third kappa shape index (κ3) is 7.49. The summed E-state index contributed by atoms with van der Waals surface area (Å²) in [4.78, 5) is 20.2. The minimum absolute atomic E-state index is 0.136. The first kappa shape index (κ1) is 28.6. The van der Waals surface area contributed by atoms with Crippen LogP contribution in [-0.2, 0) is 19.6 Å². The number of aromatic nitrogens is 1. The minimum Gasteiger partial charge on any atom is -0.454 e. The van der Waals surface area contributed by atoms with E-state index in [0.29, 0.717) is 25.3 Å². The monoisotopic (exact) mass is 589 g/mol. The molecular weight excluding hydrogens is 554 g/mol. The maximum atomic E-state index is 13.1. The molecule has 4 aromatic carbocycles. The number of fused-ring (bicyclic) bond motifs is 1. The number of carbonyl (C=O) groups excluding carboxylic acids is 1. The first-order chi connectivity index (χ1) is 21.1. The number of carbonyl (C=O) groups is 1. The number of rotatable bonds is 12. The standard InChI is InChI=1S/C36H35N3O3S/c1-26-12-14-27(15-13-26)21-39(22-28-16-17-33-34(20-28)42-25-41-33)23-35-38-32(24-43-35)36(40)37-19-18-31(29-8-4-2-5-9-29)30-10-6-3-7-11-30/h2-17,20,24,31H,18-19,21-23,25H2,1H3,(H,37,40). The summed E-state index contributed by atoms with van der Waals surface area (Å²) in [5.41, 5.74) is 6.56. The lowest BCUT2D eigenvalue weighted by atomic mass is 9.88. The van der Waals surface area contributed by atoms with Crippen molar-refractivity contribution in [3.05, 3.63) is 147 Å². The van der Waals surface area contributed by atoms with E-state index in [1.54, 1.807) is 0 Å². The molecule has 0 bridgehead atoms. The van der Waals surface area contributed by atoms with Gasteiger partial charge < -0.3 is 14.8 Å². The molecule has 218 valence electrons. The molecule has 1 aliphatic heterocycles. The van der Waals surface area contributed by atoms with Gasteiger partial charge in [-0.25, -0.2) is 4.98 Å². The maximum Gasteiger partial charge on any atom is 0.270 e. The number of nitrogens with one attached hydrogen (secondary N) is 1.